The molecule has 8 heteroatoms. The lowest BCUT2D eigenvalue weighted by molar-refractivity contribution is 0.102. The molecule has 1 aliphatic rings. The average molecular weight is 386 g/mol. The van der Waals surface area contributed by atoms with Crippen molar-refractivity contribution >= 4 is 34.5 Å². The first-order valence-electron chi connectivity index (χ1n) is 8.89. The van der Waals surface area contributed by atoms with E-state index >= 15 is 0 Å². The minimum Gasteiger partial charge on any atom is -0.494 e. The van der Waals surface area contributed by atoms with Gasteiger partial charge in [0.05, 0.1) is 37.1 Å². The fraction of sp³-hybridized carbons (Fsp3) is 0.316. The third-order valence-electron chi connectivity index (χ3n) is 4.72. The maximum Gasteiger partial charge on any atom is 0.261 e. The van der Waals surface area contributed by atoms with Gasteiger partial charge in [-0.3, -0.25) is 4.79 Å². The number of carbonyl (C=O) groups is 1. The van der Waals surface area contributed by atoms with Crippen LogP contribution in [-0.4, -0.2) is 40.7 Å². The summed E-state index contributed by atoms with van der Waals surface area (Å²) in [6, 6.07) is 5.60. The third-order valence-corrected chi connectivity index (χ3v) is 4.95. The molecule has 4 rings (SSSR count). The van der Waals surface area contributed by atoms with Crippen LogP contribution in [0.25, 0.3) is 5.65 Å². The minimum atomic E-state index is -0.275. The monoisotopic (exact) mass is 385 g/mol. The quantitative estimate of drug-likeness (QED) is 0.742. The number of rotatable bonds is 4. The first-order valence-corrected chi connectivity index (χ1v) is 9.27. The fourth-order valence-corrected chi connectivity index (χ4v) is 3.50. The number of anilines is 2. The molecule has 0 radical (unpaired) electrons. The summed E-state index contributed by atoms with van der Waals surface area (Å²) in [5, 5.41) is 7.76. The van der Waals surface area contributed by atoms with Gasteiger partial charge in [0.25, 0.3) is 5.91 Å². The lowest BCUT2D eigenvalue weighted by Crippen LogP contribution is -2.30. The van der Waals surface area contributed by atoms with E-state index in [9.17, 15) is 4.79 Å². The lowest BCUT2D eigenvalue weighted by Gasteiger charge is -2.30. The van der Waals surface area contributed by atoms with Crippen LogP contribution in [0.3, 0.4) is 0 Å². The van der Waals surface area contributed by atoms with Crippen molar-refractivity contribution < 1.29 is 9.53 Å². The SMILES string of the molecule is COc1cnc2c(C(=O)Nc3cc(Cl)ccc3N3CCCCC3)cnn2c1. The maximum absolute atomic E-state index is 12.9. The Hall–Kier alpha value is -2.80. The molecule has 1 fully saturated rings. The van der Waals surface area contributed by atoms with Crippen LogP contribution < -0.4 is 15.0 Å². The van der Waals surface area contributed by atoms with Gasteiger partial charge in [0, 0.05) is 18.1 Å². The number of ether oxygens (including phenoxy) is 1. The number of fused-ring (bicyclic) bond motifs is 1. The molecule has 0 spiro atoms. The van der Waals surface area contributed by atoms with E-state index in [1.807, 2.05) is 12.1 Å². The standard InChI is InChI=1S/C19H20ClN5O2/c1-27-14-10-21-18-15(11-22-25(18)12-14)19(26)23-16-9-13(20)5-6-17(16)24-7-3-2-4-8-24/h5-6,9-12H,2-4,7-8H2,1H3,(H,23,26). The fourth-order valence-electron chi connectivity index (χ4n) is 3.33. The molecule has 3 heterocycles. The number of piperidine rings is 1. The van der Waals surface area contributed by atoms with Gasteiger partial charge in [-0.1, -0.05) is 11.6 Å². The van der Waals surface area contributed by atoms with Crippen molar-refractivity contribution in [2.75, 3.05) is 30.4 Å². The van der Waals surface area contributed by atoms with Gasteiger partial charge in [-0.25, -0.2) is 9.50 Å². The van der Waals surface area contributed by atoms with Gasteiger partial charge in [-0.2, -0.15) is 5.10 Å². The van der Waals surface area contributed by atoms with E-state index in [0.29, 0.717) is 27.7 Å². The molecule has 3 aromatic rings. The molecule has 1 amide bonds. The van der Waals surface area contributed by atoms with Crippen molar-refractivity contribution in [1.29, 1.82) is 0 Å². The topological polar surface area (TPSA) is 71.8 Å². The number of amides is 1. The zero-order valence-corrected chi connectivity index (χ0v) is 15.7. The lowest BCUT2D eigenvalue weighted by atomic mass is 10.1. The number of hydrogen-bond acceptors (Lipinski definition) is 5. The van der Waals surface area contributed by atoms with E-state index in [-0.39, 0.29) is 5.91 Å². The highest BCUT2D eigenvalue weighted by Crippen LogP contribution is 2.31. The largest absolute Gasteiger partial charge is 0.494 e. The maximum atomic E-state index is 12.9. The molecule has 0 aliphatic carbocycles. The number of nitrogens with one attached hydrogen (secondary N) is 1. The van der Waals surface area contributed by atoms with E-state index in [2.05, 4.69) is 20.3 Å². The van der Waals surface area contributed by atoms with Gasteiger partial charge in [-0.05, 0) is 37.5 Å². The predicted molar refractivity (Wildman–Crippen MR) is 105 cm³/mol. The Labute approximate surface area is 161 Å². The van der Waals surface area contributed by atoms with Crippen LogP contribution in [0.15, 0.2) is 36.8 Å². The van der Waals surface area contributed by atoms with Crippen molar-refractivity contribution in [3.63, 3.8) is 0 Å². The summed E-state index contributed by atoms with van der Waals surface area (Å²) in [6.07, 6.45) is 8.28. The highest BCUT2D eigenvalue weighted by molar-refractivity contribution is 6.31. The molecule has 1 saturated heterocycles. The predicted octanol–water partition coefficient (Wildman–Crippen LogP) is 3.63. The molecule has 1 aromatic carbocycles. The highest BCUT2D eigenvalue weighted by atomic mass is 35.5. The van der Waals surface area contributed by atoms with Crippen molar-refractivity contribution in [2.45, 2.75) is 19.3 Å². The van der Waals surface area contributed by atoms with E-state index in [1.165, 1.54) is 17.1 Å². The Kier molecular flexibility index (Phi) is 4.85. The Bertz CT molecular complexity index is 981. The summed E-state index contributed by atoms with van der Waals surface area (Å²) in [5.74, 6) is 0.294. The summed E-state index contributed by atoms with van der Waals surface area (Å²) in [4.78, 5) is 19.5. The van der Waals surface area contributed by atoms with E-state index in [0.717, 1.165) is 31.6 Å². The van der Waals surface area contributed by atoms with Crippen molar-refractivity contribution in [2.24, 2.45) is 0 Å². The summed E-state index contributed by atoms with van der Waals surface area (Å²) >= 11 is 6.18. The molecule has 7 nitrogen and oxygen atoms in total. The Morgan fingerprint density at radius 1 is 1.22 bits per heavy atom. The zero-order chi connectivity index (χ0) is 18.8. The number of benzene rings is 1. The number of nitrogens with zero attached hydrogens (tertiary/aromatic N) is 4. The van der Waals surface area contributed by atoms with E-state index < -0.39 is 0 Å². The minimum absolute atomic E-state index is 0.275. The Morgan fingerprint density at radius 3 is 2.81 bits per heavy atom. The van der Waals surface area contributed by atoms with Gasteiger partial charge in [0.15, 0.2) is 11.4 Å². The molecule has 2 aromatic heterocycles. The third kappa shape index (κ3) is 3.55. The van der Waals surface area contributed by atoms with Crippen LogP contribution >= 0.6 is 11.6 Å². The van der Waals surface area contributed by atoms with Crippen LogP contribution in [0.2, 0.25) is 5.02 Å². The van der Waals surface area contributed by atoms with Crippen LogP contribution in [0, 0.1) is 0 Å². The number of aromatic nitrogens is 3. The van der Waals surface area contributed by atoms with Crippen molar-refractivity contribution in [3.8, 4) is 5.75 Å². The molecule has 0 saturated carbocycles. The second kappa shape index (κ2) is 7.44. The van der Waals surface area contributed by atoms with Gasteiger partial charge in [0.1, 0.15) is 5.56 Å². The van der Waals surface area contributed by atoms with Crippen LogP contribution in [0.5, 0.6) is 5.75 Å². The first-order chi connectivity index (χ1) is 13.2. The second-order valence-electron chi connectivity index (χ2n) is 6.48. The van der Waals surface area contributed by atoms with Gasteiger partial charge >= 0.3 is 0 Å². The summed E-state index contributed by atoms with van der Waals surface area (Å²) in [7, 11) is 1.56. The first kappa shape index (κ1) is 17.6. The molecule has 0 unspecified atom stereocenters. The van der Waals surface area contributed by atoms with Gasteiger partial charge in [0.2, 0.25) is 0 Å². The van der Waals surface area contributed by atoms with Crippen LogP contribution in [0.1, 0.15) is 29.6 Å². The van der Waals surface area contributed by atoms with Crippen LogP contribution in [-0.2, 0) is 0 Å². The molecule has 140 valence electrons. The molecule has 1 aliphatic heterocycles. The normalized spacial score (nSPS) is 14.4. The summed E-state index contributed by atoms with van der Waals surface area (Å²) in [5.41, 5.74) is 2.54. The number of hydrogen-bond donors (Lipinski definition) is 1. The Balaban J connectivity index is 1.64. The van der Waals surface area contributed by atoms with E-state index in [4.69, 9.17) is 16.3 Å². The number of halogens is 1. The molecule has 27 heavy (non-hydrogen) atoms. The molecule has 0 bridgehead atoms. The smallest absolute Gasteiger partial charge is 0.261 e. The average Bonchev–Trinajstić information content (AvgIpc) is 3.12. The molecule has 0 atom stereocenters. The van der Waals surface area contributed by atoms with E-state index in [1.54, 1.807) is 25.6 Å². The highest BCUT2D eigenvalue weighted by Gasteiger charge is 2.19. The van der Waals surface area contributed by atoms with Gasteiger partial charge in [-0.15, -0.1) is 0 Å². The van der Waals surface area contributed by atoms with Crippen molar-refractivity contribution in [1.82, 2.24) is 14.6 Å². The van der Waals surface area contributed by atoms with Crippen molar-refractivity contribution in [3.05, 3.63) is 47.4 Å². The molecule has 1 N–H and O–H groups in total. The zero-order valence-electron chi connectivity index (χ0n) is 15.0. The number of carbonyl (C=O) groups excluding carboxylic acids is 1. The molecular weight excluding hydrogens is 366 g/mol. The summed E-state index contributed by atoms with van der Waals surface area (Å²) < 4.78 is 6.66. The summed E-state index contributed by atoms with van der Waals surface area (Å²) in [6.45, 7) is 1.95. The second-order valence-corrected chi connectivity index (χ2v) is 6.92. The number of methoxy groups -OCH3 is 1. The van der Waals surface area contributed by atoms with Crippen LogP contribution in [0.4, 0.5) is 11.4 Å². The van der Waals surface area contributed by atoms with Gasteiger partial charge < -0.3 is 15.0 Å². The Morgan fingerprint density at radius 2 is 2.04 bits per heavy atom. The molecular formula is C19H20ClN5O2.